The number of ketones is 1. The molecule has 0 aliphatic rings. The number of carbonyl (C=O) groups excluding carboxylic acids is 1. The Morgan fingerprint density at radius 2 is 2.12 bits per heavy atom. The predicted octanol–water partition coefficient (Wildman–Crippen LogP) is 3.69. The van der Waals surface area contributed by atoms with E-state index >= 15 is 0 Å². The molecule has 0 saturated carbocycles. The highest BCUT2D eigenvalue weighted by Crippen LogP contribution is 2.24. The van der Waals surface area contributed by atoms with Crippen molar-refractivity contribution < 1.29 is 14.6 Å². The lowest BCUT2D eigenvalue weighted by Crippen LogP contribution is -2.16. The van der Waals surface area contributed by atoms with Gasteiger partial charge in [0.15, 0.2) is 17.2 Å². The average Bonchev–Trinajstić information content (AvgIpc) is 2.83. The molecular formula is C18H27ClN2O3. The number of Topliss-reactive ketones (excluding diaryl/α,β-unsaturated/α-hetero) is 1. The highest BCUT2D eigenvalue weighted by atomic mass is 35.5. The van der Waals surface area contributed by atoms with Crippen molar-refractivity contribution in [2.75, 3.05) is 13.2 Å². The van der Waals surface area contributed by atoms with E-state index in [4.69, 9.17) is 4.74 Å². The number of nitrogens with zero attached hydrogens (tertiary/aromatic N) is 2. The summed E-state index contributed by atoms with van der Waals surface area (Å²) in [6.45, 7) is 8.54. The van der Waals surface area contributed by atoms with Gasteiger partial charge in [0.2, 0.25) is 0 Å². The number of halogens is 1. The van der Waals surface area contributed by atoms with E-state index in [1.165, 1.54) is 0 Å². The molecule has 0 amide bonds. The van der Waals surface area contributed by atoms with Gasteiger partial charge in [-0.2, -0.15) is 0 Å². The Bertz CT molecular complexity index is 682. The van der Waals surface area contributed by atoms with Crippen LogP contribution in [0.4, 0.5) is 0 Å². The third-order valence-corrected chi connectivity index (χ3v) is 3.89. The minimum atomic E-state index is -0.0116. The summed E-state index contributed by atoms with van der Waals surface area (Å²) in [5.74, 6) is 1.14. The number of aliphatic hydroxyl groups is 1. The highest BCUT2D eigenvalue weighted by Gasteiger charge is 2.22. The number of aromatic nitrogens is 2. The number of ether oxygens (including phenoxy) is 1. The summed E-state index contributed by atoms with van der Waals surface area (Å²) in [7, 11) is 0. The molecule has 2 heterocycles. The van der Waals surface area contributed by atoms with E-state index in [1.807, 2.05) is 32.2 Å². The molecule has 0 radical (unpaired) electrons. The topological polar surface area (TPSA) is 63.8 Å². The molecule has 0 fully saturated rings. The lowest BCUT2D eigenvalue weighted by Gasteiger charge is -2.15. The molecule has 2 aromatic heterocycles. The minimum absolute atomic E-state index is 0. The maximum atomic E-state index is 12.7. The van der Waals surface area contributed by atoms with Gasteiger partial charge >= 0.3 is 0 Å². The van der Waals surface area contributed by atoms with Crippen LogP contribution in [0.1, 0.15) is 49.8 Å². The SMILES string of the molecule is CCOc1cccn2c(C(=O)C[C@@H](CO)CC(C)C)c(C)nc12.Cl. The Kier molecular flexibility index (Phi) is 7.70. The molecule has 0 bridgehead atoms. The Morgan fingerprint density at radius 3 is 2.71 bits per heavy atom. The van der Waals surface area contributed by atoms with Gasteiger partial charge < -0.3 is 9.84 Å². The third-order valence-electron chi connectivity index (χ3n) is 3.89. The summed E-state index contributed by atoms with van der Waals surface area (Å²) < 4.78 is 7.39. The Labute approximate surface area is 149 Å². The maximum Gasteiger partial charge on any atom is 0.181 e. The van der Waals surface area contributed by atoms with Crippen molar-refractivity contribution in [3.05, 3.63) is 29.7 Å². The highest BCUT2D eigenvalue weighted by molar-refractivity contribution is 5.96. The van der Waals surface area contributed by atoms with Gasteiger partial charge in [0.1, 0.15) is 5.69 Å². The van der Waals surface area contributed by atoms with Crippen molar-refractivity contribution in [1.82, 2.24) is 9.38 Å². The van der Waals surface area contributed by atoms with Crippen molar-refractivity contribution in [3.8, 4) is 5.75 Å². The normalized spacial score (nSPS) is 12.2. The van der Waals surface area contributed by atoms with Crippen LogP contribution in [0.3, 0.4) is 0 Å². The van der Waals surface area contributed by atoms with E-state index < -0.39 is 0 Å². The molecule has 0 saturated heterocycles. The first kappa shape index (κ1) is 20.5. The number of fused-ring (bicyclic) bond motifs is 1. The molecule has 134 valence electrons. The molecule has 1 N–H and O–H groups in total. The maximum absolute atomic E-state index is 12.7. The fourth-order valence-corrected chi connectivity index (χ4v) is 3.01. The van der Waals surface area contributed by atoms with Crippen LogP contribution >= 0.6 is 12.4 Å². The van der Waals surface area contributed by atoms with E-state index in [0.717, 1.165) is 6.42 Å². The predicted molar refractivity (Wildman–Crippen MR) is 97.3 cm³/mol. The molecule has 0 aromatic carbocycles. The number of imidazole rings is 1. The van der Waals surface area contributed by atoms with Crippen LogP contribution in [0.5, 0.6) is 5.75 Å². The van der Waals surface area contributed by atoms with Gasteiger partial charge in [-0.1, -0.05) is 13.8 Å². The van der Waals surface area contributed by atoms with Gasteiger partial charge in [-0.05, 0) is 44.2 Å². The van der Waals surface area contributed by atoms with Crippen molar-refractivity contribution in [2.45, 2.75) is 40.5 Å². The summed E-state index contributed by atoms with van der Waals surface area (Å²) in [5.41, 5.74) is 1.95. The quantitative estimate of drug-likeness (QED) is 0.734. The average molecular weight is 355 g/mol. The van der Waals surface area contributed by atoms with Crippen LogP contribution in [-0.4, -0.2) is 33.5 Å². The standard InChI is InChI=1S/C18H26N2O3.ClH/c1-5-23-16-7-6-8-20-17(13(4)19-18(16)20)15(22)10-14(11-21)9-12(2)3;/h6-8,12,14,21H,5,9-11H2,1-4H3;1H/t14-;/m0./s1. The number of pyridine rings is 1. The molecule has 0 unspecified atom stereocenters. The monoisotopic (exact) mass is 354 g/mol. The first-order valence-corrected chi connectivity index (χ1v) is 8.22. The van der Waals surface area contributed by atoms with E-state index in [2.05, 4.69) is 18.8 Å². The van der Waals surface area contributed by atoms with E-state index in [9.17, 15) is 9.90 Å². The number of carbonyl (C=O) groups is 1. The first-order chi connectivity index (χ1) is 11.0. The number of rotatable bonds is 8. The molecule has 1 atom stereocenters. The summed E-state index contributed by atoms with van der Waals surface area (Å²) >= 11 is 0. The number of aryl methyl sites for hydroxylation is 1. The van der Waals surface area contributed by atoms with Gasteiger partial charge in [0.25, 0.3) is 0 Å². The molecule has 24 heavy (non-hydrogen) atoms. The zero-order valence-corrected chi connectivity index (χ0v) is 15.6. The van der Waals surface area contributed by atoms with Crippen LogP contribution in [0.2, 0.25) is 0 Å². The fourth-order valence-electron chi connectivity index (χ4n) is 3.01. The zero-order chi connectivity index (χ0) is 17.0. The summed E-state index contributed by atoms with van der Waals surface area (Å²) in [5, 5.41) is 9.52. The summed E-state index contributed by atoms with van der Waals surface area (Å²) in [4.78, 5) is 17.2. The van der Waals surface area contributed by atoms with Crippen LogP contribution in [0.25, 0.3) is 5.65 Å². The largest absolute Gasteiger partial charge is 0.490 e. The molecule has 0 spiro atoms. The molecule has 5 nitrogen and oxygen atoms in total. The molecule has 0 aliphatic heterocycles. The number of hydrogen-bond acceptors (Lipinski definition) is 4. The Morgan fingerprint density at radius 1 is 1.42 bits per heavy atom. The zero-order valence-electron chi connectivity index (χ0n) is 14.8. The van der Waals surface area contributed by atoms with Gasteiger partial charge in [0, 0.05) is 19.2 Å². The smallest absolute Gasteiger partial charge is 0.181 e. The number of hydrogen-bond donors (Lipinski definition) is 1. The van der Waals surface area contributed by atoms with E-state index in [0.29, 0.717) is 41.7 Å². The van der Waals surface area contributed by atoms with Crippen LogP contribution in [-0.2, 0) is 0 Å². The van der Waals surface area contributed by atoms with Gasteiger partial charge in [0.05, 0.1) is 12.3 Å². The van der Waals surface area contributed by atoms with Crippen LogP contribution < -0.4 is 4.74 Å². The van der Waals surface area contributed by atoms with Gasteiger partial charge in [-0.25, -0.2) is 4.98 Å². The third kappa shape index (κ3) is 4.48. The molecule has 6 heteroatoms. The van der Waals surface area contributed by atoms with Crippen molar-refractivity contribution in [3.63, 3.8) is 0 Å². The Balaban J connectivity index is 0.00000288. The van der Waals surface area contributed by atoms with Crippen molar-refractivity contribution >= 4 is 23.8 Å². The fraction of sp³-hybridized carbons (Fsp3) is 0.556. The van der Waals surface area contributed by atoms with E-state index in [1.54, 1.807) is 4.40 Å². The van der Waals surface area contributed by atoms with E-state index in [-0.39, 0.29) is 30.7 Å². The molecule has 2 aromatic rings. The van der Waals surface area contributed by atoms with Crippen LogP contribution in [0.15, 0.2) is 18.3 Å². The van der Waals surface area contributed by atoms with Crippen molar-refractivity contribution in [2.24, 2.45) is 11.8 Å². The molecular weight excluding hydrogens is 328 g/mol. The summed E-state index contributed by atoms with van der Waals surface area (Å²) in [6.07, 6.45) is 3.01. The van der Waals surface area contributed by atoms with Gasteiger partial charge in [-0.3, -0.25) is 9.20 Å². The van der Waals surface area contributed by atoms with Gasteiger partial charge in [-0.15, -0.1) is 12.4 Å². The lowest BCUT2D eigenvalue weighted by molar-refractivity contribution is 0.0918. The Hall–Kier alpha value is -1.59. The molecule has 2 rings (SSSR count). The second kappa shape index (κ2) is 9.04. The minimum Gasteiger partial charge on any atom is -0.490 e. The first-order valence-electron chi connectivity index (χ1n) is 8.22. The van der Waals surface area contributed by atoms with Crippen LogP contribution in [0, 0.1) is 18.8 Å². The molecule has 0 aliphatic carbocycles. The number of aliphatic hydroxyl groups excluding tert-OH is 1. The summed E-state index contributed by atoms with van der Waals surface area (Å²) in [6, 6.07) is 3.71. The van der Waals surface area contributed by atoms with Crippen molar-refractivity contribution in [1.29, 1.82) is 0 Å². The second-order valence-electron chi connectivity index (χ2n) is 6.35. The lowest BCUT2D eigenvalue weighted by atomic mass is 9.92. The second-order valence-corrected chi connectivity index (χ2v) is 6.35.